The highest BCUT2D eigenvalue weighted by Crippen LogP contribution is 2.38. The summed E-state index contributed by atoms with van der Waals surface area (Å²) >= 11 is 0. The third-order valence-corrected chi connectivity index (χ3v) is 3.78. The minimum absolute atomic E-state index is 0.648. The van der Waals surface area contributed by atoms with Crippen LogP contribution in [-0.2, 0) is 0 Å². The molecule has 0 aliphatic heterocycles. The number of nitrogen functional groups attached to an aromatic ring is 1. The van der Waals surface area contributed by atoms with Gasteiger partial charge < -0.3 is 5.73 Å². The van der Waals surface area contributed by atoms with Crippen molar-refractivity contribution < 1.29 is 0 Å². The number of rotatable bonds is 0. The molecule has 19 heavy (non-hydrogen) atoms. The Morgan fingerprint density at radius 1 is 0.789 bits per heavy atom. The Morgan fingerprint density at radius 2 is 1.47 bits per heavy atom. The van der Waals surface area contributed by atoms with E-state index < -0.39 is 0 Å². The van der Waals surface area contributed by atoms with Crippen molar-refractivity contribution in [1.29, 1.82) is 5.26 Å². The highest BCUT2D eigenvalue weighted by molar-refractivity contribution is 6.26. The summed E-state index contributed by atoms with van der Waals surface area (Å²) in [4.78, 5) is 0. The van der Waals surface area contributed by atoms with Crippen LogP contribution >= 0.6 is 0 Å². The molecule has 2 N–H and O–H groups in total. The van der Waals surface area contributed by atoms with Gasteiger partial charge in [-0.15, -0.1) is 0 Å². The van der Waals surface area contributed by atoms with Crippen LogP contribution < -0.4 is 5.73 Å². The van der Waals surface area contributed by atoms with Crippen LogP contribution in [0.15, 0.2) is 48.5 Å². The zero-order valence-electron chi connectivity index (χ0n) is 10.1. The minimum atomic E-state index is 0.648. The zero-order valence-corrected chi connectivity index (χ0v) is 10.1. The summed E-state index contributed by atoms with van der Waals surface area (Å²) < 4.78 is 0. The van der Waals surface area contributed by atoms with E-state index in [1.807, 2.05) is 30.3 Å². The maximum absolute atomic E-state index is 9.37. The Balaban J connectivity index is 2.49. The van der Waals surface area contributed by atoms with Crippen molar-refractivity contribution in [2.75, 3.05) is 5.73 Å². The lowest BCUT2D eigenvalue weighted by Gasteiger charge is -2.13. The molecular formula is C17H10N2. The molecule has 0 unspecified atom stereocenters. The molecule has 0 bridgehead atoms. The second-order valence-corrected chi connectivity index (χ2v) is 4.81. The molecule has 2 heteroatoms. The lowest BCUT2D eigenvalue weighted by atomic mass is 9.91. The van der Waals surface area contributed by atoms with Gasteiger partial charge in [0.05, 0.1) is 11.6 Å². The van der Waals surface area contributed by atoms with Gasteiger partial charge in [-0.1, -0.05) is 36.4 Å². The highest BCUT2D eigenvalue weighted by Gasteiger charge is 2.13. The molecule has 0 aliphatic rings. The van der Waals surface area contributed by atoms with Crippen LogP contribution in [0, 0.1) is 11.3 Å². The first-order valence-electron chi connectivity index (χ1n) is 6.16. The fourth-order valence-electron chi connectivity index (χ4n) is 2.97. The molecule has 0 saturated heterocycles. The smallest absolute Gasteiger partial charge is 0.0999 e. The van der Waals surface area contributed by atoms with Gasteiger partial charge in [-0.05, 0) is 33.7 Å². The molecule has 0 radical (unpaired) electrons. The normalized spacial score (nSPS) is 11.3. The first-order chi connectivity index (χ1) is 9.29. The molecule has 0 aliphatic carbocycles. The van der Waals surface area contributed by atoms with Gasteiger partial charge in [0.15, 0.2) is 0 Å². The van der Waals surface area contributed by atoms with Crippen molar-refractivity contribution in [3.8, 4) is 6.07 Å². The maximum Gasteiger partial charge on any atom is 0.0999 e. The number of benzene rings is 4. The molecule has 0 fully saturated rings. The van der Waals surface area contributed by atoms with E-state index in [4.69, 9.17) is 5.73 Å². The van der Waals surface area contributed by atoms with E-state index in [9.17, 15) is 5.26 Å². The first kappa shape index (κ1) is 10.2. The van der Waals surface area contributed by atoms with Gasteiger partial charge in [0.2, 0.25) is 0 Å². The average molecular weight is 242 g/mol. The Hall–Kier alpha value is -2.79. The Morgan fingerprint density at radius 3 is 2.26 bits per heavy atom. The number of nitrogens with zero attached hydrogens (tertiary/aromatic N) is 1. The SMILES string of the molecule is N#Cc1cc2cccc3ccc4ccc(N)c1c4c32. The maximum atomic E-state index is 9.37. The Labute approximate surface area is 110 Å². The molecule has 0 amide bonds. The average Bonchev–Trinajstić information content (AvgIpc) is 2.46. The predicted octanol–water partition coefficient (Wildman–Crippen LogP) is 4.04. The molecule has 0 aromatic heterocycles. The Bertz CT molecular complexity index is 977. The van der Waals surface area contributed by atoms with Crippen molar-refractivity contribution in [3.05, 3.63) is 54.1 Å². The predicted molar refractivity (Wildman–Crippen MR) is 79.3 cm³/mol. The Kier molecular flexibility index (Phi) is 1.80. The van der Waals surface area contributed by atoms with Crippen molar-refractivity contribution >= 4 is 38.0 Å². The van der Waals surface area contributed by atoms with Crippen LogP contribution in [0.5, 0.6) is 0 Å². The third kappa shape index (κ3) is 1.19. The lowest BCUT2D eigenvalue weighted by molar-refractivity contribution is 1.51. The van der Waals surface area contributed by atoms with E-state index >= 15 is 0 Å². The number of nitrogens with two attached hydrogens (primary N) is 1. The van der Waals surface area contributed by atoms with E-state index in [2.05, 4.69) is 24.3 Å². The summed E-state index contributed by atoms with van der Waals surface area (Å²) in [5.74, 6) is 0. The van der Waals surface area contributed by atoms with Gasteiger partial charge in [-0.3, -0.25) is 0 Å². The van der Waals surface area contributed by atoms with Crippen LogP contribution in [0.2, 0.25) is 0 Å². The largest absolute Gasteiger partial charge is 0.398 e. The van der Waals surface area contributed by atoms with E-state index in [-0.39, 0.29) is 0 Å². The molecule has 0 heterocycles. The monoisotopic (exact) mass is 242 g/mol. The summed E-state index contributed by atoms with van der Waals surface area (Å²) in [6, 6.07) is 18.5. The van der Waals surface area contributed by atoms with Crippen LogP contribution in [0.4, 0.5) is 5.69 Å². The minimum Gasteiger partial charge on any atom is -0.398 e. The van der Waals surface area contributed by atoms with E-state index in [1.54, 1.807) is 0 Å². The molecule has 0 atom stereocenters. The fourth-order valence-corrected chi connectivity index (χ4v) is 2.97. The van der Waals surface area contributed by atoms with Gasteiger partial charge >= 0.3 is 0 Å². The summed E-state index contributed by atoms with van der Waals surface area (Å²) in [5.41, 5.74) is 7.41. The molecular weight excluding hydrogens is 232 g/mol. The zero-order chi connectivity index (χ0) is 13.0. The number of hydrogen-bond acceptors (Lipinski definition) is 2. The lowest BCUT2D eigenvalue weighted by Crippen LogP contribution is -1.93. The molecule has 88 valence electrons. The van der Waals surface area contributed by atoms with Crippen LogP contribution in [0.3, 0.4) is 0 Å². The van der Waals surface area contributed by atoms with Gasteiger partial charge in [-0.25, -0.2) is 0 Å². The van der Waals surface area contributed by atoms with E-state index in [0.29, 0.717) is 11.3 Å². The van der Waals surface area contributed by atoms with Gasteiger partial charge in [-0.2, -0.15) is 5.26 Å². The van der Waals surface area contributed by atoms with Crippen molar-refractivity contribution in [3.63, 3.8) is 0 Å². The number of nitriles is 1. The summed E-state index contributed by atoms with van der Waals surface area (Å²) in [5, 5.41) is 16.0. The molecule has 4 aromatic carbocycles. The topological polar surface area (TPSA) is 49.8 Å². The van der Waals surface area contributed by atoms with Crippen LogP contribution in [0.1, 0.15) is 5.56 Å². The van der Waals surface area contributed by atoms with Gasteiger partial charge in [0.1, 0.15) is 0 Å². The molecule has 4 aromatic rings. The van der Waals surface area contributed by atoms with E-state index in [0.717, 1.165) is 21.5 Å². The fraction of sp³-hybridized carbons (Fsp3) is 0. The highest BCUT2D eigenvalue weighted by atomic mass is 14.6. The molecule has 2 nitrogen and oxygen atoms in total. The van der Waals surface area contributed by atoms with Gasteiger partial charge in [0.25, 0.3) is 0 Å². The number of hydrogen-bond donors (Lipinski definition) is 1. The second kappa shape index (κ2) is 3.37. The summed E-state index contributed by atoms with van der Waals surface area (Å²) in [6.45, 7) is 0. The summed E-state index contributed by atoms with van der Waals surface area (Å²) in [6.07, 6.45) is 0. The second-order valence-electron chi connectivity index (χ2n) is 4.81. The molecule has 0 spiro atoms. The quantitative estimate of drug-likeness (QED) is 0.373. The van der Waals surface area contributed by atoms with Crippen molar-refractivity contribution in [2.45, 2.75) is 0 Å². The summed E-state index contributed by atoms with van der Waals surface area (Å²) in [7, 11) is 0. The molecule has 4 rings (SSSR count). The van der Waals surface area contributed by atoms with Crippen LogP contribution in [-0.4, -0.2) is 0 Å². The van der Waals surface area contributed by atoms with Gasteiger partial charge in [0, 0.05) is 16.5 Å². The van der Waals surface area contributed by atoms with Crippen LogP contribution in [0.25, 0.3) is 32.3 Å². The molecule has 0 saturated carbocycles. The standard InChI is InChI=1S/C17H10N2/c18-9-13-8-12-3-1-2-10-4-5-11-6-7-14(19)16(13)17(11)15(10)12/h1-8H,19H2. The van der Waals surface area contributed by atoms with Crippen molar-refractivity contribution in [2.24, 2.45) is 0 Å². The van der Waals surface area contributed by atoms with Crippen molar-refractivity contribution in [1.82, 2.24) is 0 Å². The first-order valence-corrected chi connectivity index (χ1v) is 6.16. The number of anilines is 1. The third-order valence-electron chi connectivity index (χ3n) is 3.78. The van der Waals surface area contributed by atoms with E-state index in [1.165, 1.54) is 10.8 Å².